The summed E-state index contributed by atoms with van der Waals surface area (Å²) in [5, 5.41) is 0. The number of aromatic nitrogens is 3. The van der Waals surface area contributed by atoms with Crippen LogP contribution in [-0.4, -0.2) is 27.2 Å². The van der Waals surface area contributed by atoms with Crippen molar-refractivity contribution in [1.82, 2.24) is 14.5 Å². The van der Waals surface area contributed by atoms with E-state index < -0.39 is 0 Å². The first-order valence-electron chi connectivity index (χ1n) is 8.01. The lowest BCUT2D eigenvalue weighted by molar-refractivity contribution is 0.0155. The van der Waals surface area contributed by atoms with Crippen molar-refractivity contribution in [3.8, 4) is 5.69 Å². The molecule has 1 unspecified atom stereocenters. The smallest absolute Gasteiger partial charge is 0.164 e. The molecule has 0 aliphatic carbocycles. The SMILES string of the molecule is Fc1ccc(-n2c(CC3CCCCO3)nc3cccnc32)cc1. The second kappa shape index (κ2) is 6.08. The summed E-state index contributed by atoms with van der Waals surface area (Å²) >= 11 is 0. The van der Waals surface area contributed by atoms with Crippen molar-refractivity contribution in [3.05, 3.63) is 54.2 Å². The molecule has 1 atom stereocenters. The number of rotatable bonds is 3. The zero-order valence-corrected chi connectivity index (χ0v) is 12.8. The third-order valence-electron chi connectivity index (χ3n) is 4.25. The highest BCUT2D eigenvalue weighted by atomic mass is 19.1. The van der Waals surface area contributed by atoms with Crippen LogP contribution in [-0.2, 0) is 11.2 Å². The second-order valence-electron chi connectivity index (χ2n) is 5.88. The van der Waals surface area contributed by atoms with E-state index in [1.807, 2.05) is 16.7 Å². The fourth-order valence-corrected chi connectivity index (χ4v) is 3.13. The van der Waals surface area contributed by atoms with Crippen molar-refractivity contribution < 1.29 is 9.13 Å². The van der Waals surface area contributed by atoms with Gasteiger partial charge < -0.3 is 4.74 Å². The molecule has 3 heterocycles. The highest BCUT2D eigenvalue weighted by Gasteiger charge is 2.20. The Morgan fingerprint density at radius 3 is 2.83 bits per heavy atom. The van der Waals surface area contributed by atoms with E-state index in [2.05, 4.69) is 4.98 Å². The van der Waals surface area contributed by atoms with Gasteiger partial charge in [-0.15, -0.1) is 0 Å². The summed E-state index contributed by atoms with van der Waals surface area (Å²) in [5.41, 5.74) is 2.52. The van der Waals surface area contributed by atoms with Crippen molar-refractivity contribution in [1.29, 1.82) is 0 Å². The number of pyridine rings is 1. The minimum atomic E-state index is -0.247. The molecule has 1 saturated heterocycles. The molecule has 0 N–H and O–H groups in total. The Morgan fingerprint density at radius 1 is 1.17 bits per heavy atom. The maximum Gasteiger partial charge on any atom is 0.164 e. The fourth-order valence-electron chi connectivity index (χ4n) is 3.13. The average molecular weight is 311 g/mol. The quantitative estimate of drug-likeness (QED) is 0.741. The monoisotopic (exact) mass is 311 g/mol. The van der Waals surface area contributed by atoms with Crippen molar-refractivity contribution in [2.75, 3.05) is 6.61 Å². The normalized spacial score (nSPS) is 18.4. The Bertz CT molecular complexity index is 807. The molecule has 5 heteroatoms. The predicted molar refractivity (Wildman–Crippen MR) is 86.1 cm³/mol. The molecule has 0 spiro atoms. The van der Waals surface area contributed by atoms with E-state index in [1.165, 1.54) is 18.6 Å². The molecule has 1 fully saturated rings. The lowest BCUT2D eigenvalue weighted by Crippen LogP contribution is -2.23. The number of hydrogen-bond acceptors (Lipinski definition) is 3. The molecule has 3 aromatic rings. The molecule has 2 aromatic heterocycles. The van der Waals surface area contributed by atoms with Crippen molar-refractivity contribution in [3.63, 3.8) is 0 Å². The standard InChI is InChI=1S/C18H18FN3O/c19-13-6-8-14(9-7-13)22-17(12-15-4-1-2-11-23-15)21-16-5-3-10-20-18(16)22/h3,5-10,15H,1-2,4,11-12H2. The molecule has 4 nitrogen and oxygen atoms in total. The van der Waals surface area contributed by atoms with E-state index in [1.54, 1.807) is 18.3 Å². The Morgan fingerprint density at radius 2 is 2.04 bits per heavy atom. The third kappa shape index (κ3) is 2.84. The zero-order chi connectivity index (χ0) is 15.6. The van der Waals surface area contributed by atoms with Crippen LogP contribution in [0.25, 0.3) is 16.9 Å². The molecule has 118 valence electrons. The summed E-state index contributed by atoms with van der Waals surface area (Å²) in [4.78, 5) is 9.19. The van der Waals surface area contributed by atoms with Crippen LogP contribution in [0.4, 0.5) is 4.39 Å². The Kier molecular flexibility index (Phi) is 3.79. The van der Waals surface area contributed by atoms with E-state index >= 15 is 0 Å². The van der Waals surface area contributed by atoms with Gasteiger partial charge in [-0.25, -0.2) is 14.4 Å². The van der Waals surface area contributed by atoms with Gasteiger partial charge in [-0.05, 0) is 55.7 Å². The van der Waals surface area contributed by atoms with Gasteiger partial charge in [-0.3, -0.25) is 4.57 Å². The first-order valence-corrected chi connectivity index (χ1v) is 8.01. The Balaban J connectivity index is 1.79. The van der Waals surface area contributed by atoms with E-state index in [4.69, 9.17) is 9.72 Å². The van der Waals surface area contributed by atoms with Gasteiger partial charge in [-0.2, -0.15) is 0 Å². The van der Waals surface area contributed by atoms with Gasteiger partial charge in [0.05, 0.1) is 6.10 Å². The maximum atomic E-state index is 13.3. The average Bonchev–Trinajstić information content (AvgIpc) is 2.94. The van der Waals surface area contributed by atoms with Crippen LogP contribution in [0.5, 0.6) is 0 Å². The van der Waals surface area contributed by atoms with Crippen LogP contribution in [0.2, 0.25) is 0 Å². The number of imidazole rings is 1. The predicted octanol–water partition coefficient (Wildman–Crippen LogP) is 3.67. The lowest BCUT2D eigenvalue weighted by atomic mass is 10.1. The Labute approximate surface area is 133 Å². The zero-order valence-electron chi connectivity index (χ0n) is 12.8. The molecule has 1 aromatic carbocycles. The van der Waals surface area contributed by atoms with Gasteiger partial charge in [0, 0.05) is 24.9 Å². The summed E-state index contributed by atoms with van der Waals surface area (Å²) in [7, 11) is 0. The first kappa shape index (κ1) is 14.3. The van der Waals surface area contributed by atoms with E-state index in [0.717, 1.165) is 48.5 Å². The highest BCUT2D eigenvalue weighted by Crippen LogP contribution is 2.23. The van der Waals surface area contributed by atoms with E-state index in [0.29, 0.717) is 0 Å². The molecular formula is C18H18FN3O. The van der Waals surface area contributed by atoms with Crippen LogP contribution in [0.15, 0.2) is 42.6 Å². The van der Waals surface area contributed by atoms with Gasteiger partial charge in [0.15, 0.2) is 5.65 Å². The summed E-state index contributed by atoms with van der Waals surface area (Å²) < 4.78 is 21.1. The van der Waals surface area contributed by atoms with Gasteiger partial charge in [-0.1, -0.05) is 0 Å². The van der Waals surface area contributed by atoms with Gasteiger partial charge in [0.25, 0.3) is 0 Å². The minimum Gasteiger partial charge on any atom is -0.378 e. The highest BCUT2D eigenvalue weighted by molar-refractivity contribution is 5.73. The van der Waals surface area contributed by atoms with E-state index in [9.17, 15) is 4.39 Å². The molecule has 1 aliphatic heterocycles. The van der Waals surface area contributed by atoms with Crippen LogP contribution in [0.1, 0.15) is 25.1 Å². The molecular weight excluding hydrogens is 293 g/mol. The minimum absolute atomic E-state index is 0.194. The van der Waals surface area contributed by atoms with E-state index in [-0.39, 0.29) is 11.9 Å². The summed E-state index contributed by atoms with van der Waals surface area (Å²) in [5.74, 6) is 0.667. The number of nitrogens with zero attached hydrogens (tertiary/aromatic N) is 3. The third-order valence-corrected chi connectivity index (χ3v) is 4.25. The van der Waals surface area contributed by atoms with Gasteiger partial charge in [0.1, 0.15) is 17.2 Å². The van der Waals surface area contributed by atoms with Crippen LogP contribution < -0.4 is 0 Å². The molecule has 0 amide bonds. The van der Waals surface area contributed by atoms with Crippen molar-refractivity contribution in [2.45, 2.75) is 31.8 Å². The number of halogens is 1. The number of ether oxygens (including phenoxy) is 1. The van der Waals surface area contributed by atoms with Gasteiger partial charge >= 0.3 is 0 Å². The topological polar surface area (TPSA) is 39.9 Å². The molecule has 0 bridgehead atoms. The Hall–Kier alpha value is -2.27. The number of benzene rings is 1. The largest absolute Gasteiger partial charge is 0.378 e. The summed E-state index contributed by atoms with van der Waals surface area (Å²) in [6, 6.07) is 10.3. The molecule has 4 rings (SSSR count). The van der Waals surface area contributed by atoms with Gasteiger partial charge in [0.2, 0.25) is 0 Å². The van der Waals surface area contributed by atoms with Crippen LogP contribution in [0, 0.1) is 5.82 Å². The van der Waals surface area contributed by atoms with Crippen molar-refractivity contribution in [2.24, 2.45) is 0 Å². The molecule has 1 aliphatic rings. The van der Waals surface area contributed by atoms with Crippen molar-refractivity contribution >= 4 is 11.2 Å². The molecule has 23 heavy (non-hydrogen) atoms. The number of fused-ring (bicyclic) bond motifs is 1. The molecule has 0 saturated carbocycles. The second-order valence-corrected chi connectivity index (χ2v) is 5.88. The maximum absolute atomic E-state index is 13.3. The summed E-state index contributed by atoms with van der Waals surface area (Å²) in [6.07, 6.45) is 6.07. The summed E-state index contributed by atoms with van der Waals surface area (Å²) in [6.45, 7) is 0.819. The van der Waals surface area contributed by atoms with Crippen LogP contribution in [0.3, 0.4) is 0 Å². The fraction of sp³-hybridized carbons (Fsp3) is 0.333. The lowest BCUT2D eigenvalue weighted by Gasteiger charge is -2.22. The van der Waals surface area contributed by atoms with Crippen LogP contribution >= 0.6 is 0 Å². The number of hydrogen-bond donors (Lipinski definition) is 0. The molecule has 0 radical (unpaired) electrons. The first-order chi connectivity index (χ1) is 11.3.